The van der Waals surface area contributed by atoms with Crippen LogP contribution in [0.25, 0.3) is 6.08 Å². The normalized spacial score (nSPS) is 15.5. The lowest BCUT2D eigenvalue weighted by Crippen LogP contribution is -2.31. The smallest absolute Gasteiger partial charge is 0.422 e. The summed E-state index contributed by atoms with van der Waals surface area (Å²) in [6.07, 6.45) is -2.17. The van der Waals surface area contributed by atoms with Crippen LogP contribution in [0.5, 0.6) is 11.5 Å². The molecule has 1 fully saturated rings. The maximum Gasteiger partial charge on any atom is 0.422 e. The van der Waals surface area contributed by atoms with Gasteiger partial charge in [0.2, 0.25) is 0 Å². The minimum absolute atomic E-state index is 0.0447. The number of ether oxygens (including phenoxy) is 2. The van der Waals surface area contributed by atoms with Crippen LogP contribution in [0.4, 0.5) is 18.9 Å². The molecular formula is C21H19F3N2O3S. The van der Waals surface area contributed by atoms with Crippen molar-refractivity contribution in [1.82, 2.24) is 5.32 Å². The molecule has 3 rings (SSSR count). The number of anilines is 1. The van der Waals surface area contributed by atoms with Gasteiger partial charge in [0.1, 0.15) is 5.70 Å². The van der Waals surface area contributed by atoms with Crippen molar-refractivity contribution in [3.8, 4) is 11.5 Å². The average Bonchev–Trinajstić information content (AvgIpc) is 2.99. The largest absolute Gasteiger partial charge is 0.493 e. The number of para-hydroxylation sites is 1. The molecule has 2 aromatic carbocycles. The standard InChI is InChI=1S/C21H19F3N2O3S/c1-3-14-6-4-5-7-16(14)26-19(27)15(25-20(26)30)10-13-8-9-17(18(11-13)28-2)29-12-21(22,23)24/h4-11H,3,12H2,1-2H3,(H,25,30)/b15-10-. The van der Waals surface area contributed by atoms with Crippen LogP contribution in [0, 0.1) is 0 Å². The maximum atomic E-state index is 12.9. The minimum Gasteiger partial charge on any atom is -0.493 e. The summed E-state index contributed by atoms with van der Waals surface area (Å²) in [5.41, 5.74) is 2.47. The van der Waals surface area contributed by atoms with Crippen LogP contribution >= 0.6 is 12.2 Å². The number of hydrogen-bond acceptors (Lipinski definition) is 4. The molecule has 0 atom stereocenters. The summed E-state index contributed by atoms with van der Waals surface area (Å²) in [6, 6.07) is 11.8. The van der Waals surface area contributed by atoms with Crippen LogP contribution in [0.3, 0.4) is 0 Å². The Bertz CT molecular complexity index is 1010. The van der Waals surface area contributed by atoms with E-state index >= 15 is 0 Å². The molecule has 5 nitrogen and oxygen atoms in total. The highest BCUT2D eigenvalue weighted by molar-refractivity contribution is 7.80. The summed E-state index contributed by atoms with van der Waals surface area (Å²) in [4.78, 5) is 14.4. The molecule has 1 aliphatic rings. The molecule has 0 spiro atoms. The summed E-state index contributed by atoms with van der Waals surface area (Å²) < 4.78 is 47.1. The zero-order valence-electron chi connectivity index (χ0n) is 16.2. The molecule has 9 heteroatoms. The lowest BCUT2D eigenvalue weighted by atomic mass is 10.1. The zero-order chi connectivity index (χ0) is 21.9. The zero-order valence-corrected chi connectivity index (χ0v) is 17.1. The van der Waals surface area contributed by atoms with Crippen molar-refractivity contribution >= 4 is 35.0 Å². The number of carbonyl (C=O) groups is 1. The van der Waals surface area contributed by atoms with Gasteiger partial charge in [0.05, 0.1) is 12.8 Å². The van der Waals surface area contributed by atoms with Gasteiger partial charge in [0.15, 0.2) is 23.2 Å². The summed E-state index contributed by atoms with van der Waals surface area (Å²) in [6.45, 7) is 0.561. The molecular weight excluding hydrogens is 417 g/mol. The van der Waals surface area contributed by atoms with Crippen LogP contribution < -0.4 is 19.7 Å². The Hall–Kier alpha value is -3.07. The van der Waals surface area contributed by atoms with E-state index in [2.05, 4.69) is 5.32 Å². The molecule has 0 saturated carbocycles. The van der Waals surface area contributed by atoms with E-state index < -0.39 is 12.8 Å². The van der Waals surface area contributed by atoms with E-state index in [-0.39, 0.29) is 28.2 Å². The molecule has 1 heterocycles. The Labute approximate surface area is 177 Å². The molecule has 1 N–H and O–H groups in total. The summed E-state index contributed by atoms with van der Waals surface area (Å²) in [5, 5.41) is 3.15. The molecule has 0 unspecified atom stereocenters. The SMILES string of the molecule is CCc1ccccc1N1C(=O)/C(=C/c2ccc(OCC(F)(F)F)c(OC)c2)NC1=S. The number of halogens is 3. The van der Waals surface area contributed by atoms with E-state index in [9.17, 15) is 18.0 Å². The molecule has 0 aliphatic carbocycles. The van der Waals surface area contributed by atoms with Crippen molar-refractivity contribution in [2.24, 2.45) is 0 Å². The predicted octanol–water partition coefficient (Wildman–Crippen LogP) is 4.46. The second kappa shape index (κ2) is 8.74. The Morgan fingerprint density at radius 1 is 1.17 bits per heavy atom. The van der Waals surface area contributed by atoms with Gasteiger partial charge >= 0.3 is 6.18 Å². The van der Waals surface area contributed by atoms with Gasteiger partial charge in [0, 0.05) is 0 Å². The summed E-state index contributed by atoms with van der Waals surface area (Å²) in [5.74, 6) is -0.247. The highest BCUT2D eigenvalue weighted by Crippen LogP contribution is 2.31. The van der Waals surface area contributed by atoms with Crippen molar-refractivity contribution in [2.75, 3.05) is 18.6 Å². The van der Waals surface area contributed by atoms with Gasteiger partial charge < -0.3 is 14.8 Å². The number of thiocarbonyl (C=S) groups is 1. The molecule has 158 valence electrons. The van der Waals surface area contributed by atoms with Gasteiger partial charge in [-0.25, -0.2) is 0 Å². The number of methoxy groups -OCH3 is 1. The fourth-order valence-corrected chi connectivity index (χ4v) is 3.29. The molecule has 0 aromatic heterocycles. The second-order valence-electron chi connectivity index (χ2n) is 6.43. The van der Waals surface area contributed by atoms with E-state index in [1.807, 2.05) is 31.2 Å². The van der Waals surface area contributed by atoms with Crippen LogP contribution in [0.15, 0.2) is 48.2 Å². The topological polar surface area (TPSA) is 50.8 Å². The molecule has 2 aromatic rings. The quantitative estimate of drug-likeness (QED) is 0.535. The van der Waals surface area contributed by atoms with Crippen LogP contribution in [0.1, 0.15) is 18.1 Å². The predicted molar refractivity (Wildman–Crippen MR) is 112 cm³/mol. The van der Waals surface area contributed by atoms with Crippen molar-refractivity contribution < 1.29 is 27.4 Å². The first-order valence-electron chi connectivity index (χ1n) is 9.06. The average molecular weight is 436 g/mol. The molecule has 1 saturated heterocycles. The fraction of sp³-hybridized carbons (Fsp3) is 0.238. The van der Waals surface area contributed by atoms with E-state index in [4.69, 9.17) is 21.7 Å². The lowest BCUT2D eigenvalue weighted by molar-refractivity contribution is -0.153. The van der Waals surface area contributed by atoms with Gasteiger partial charge in [-0.15, -0.1) is 0 Å². The van der Waals surface area contributed by atoms with E-state index in [1.165, 1.54) is 30.2 Å². The number of benzene rings is 2. The number of amides is 1. The van der Waals surface area contributed by atoms with E-state index in [1.54, 1.807) is 6.08 Å². The van der Waals surface area contributed by atoms with Crippen molar-refractivity contribution in [1.29, 1.82) is 0 Å². The number of carbonyl (C=O) groups excluding carboxylic acids is 1. The van der Waals surface area contributed by atoms with E-state index in [0.717, 1.165) is 12.0 Å². The van der Waals surface area contributed by atoms with Gasteiger partial charge in [-0.1, -0.05) is 31.2 Å². The fourth-order valence-electron chi connectivity index (χ4n) is 3.00. The van der Waals surface area contributed by atoms with Crippen LogP contribution in [-0.2, 0) is 11.2 Å². The Morgan fingerprint density at radius 3 is 2.57 bits per heavy atom. The first-order valence-corrected chi connectivity index (χ1v) is 9.47. The Morgan fingerprint density at radius 2 is 1.90 bits per heavy atom. The number of alkyl halides is 3. The van der Waals surface area contributed by atoms with Gasteiger partial charge in [-0.2, -0.15) is 13.2 Å². The molecule has 1 aliphatic heterocycles. The number of nitrogens with one attached hydrogen (secondary N) is 1. The summed E-state index contributed by atoms with van der Waals surface area (Å²) >= 11 is 5.34. The van der Waals surface area contributed by atoms with Crippen molar-refractivity contribution in [2.45, 2.75) is 19.5 Å². The number of nitrogens with zero attached hydrogens (tertiary/aromatic N) is 1. The monoisotopic (exact) mass is 436 g/mol. The van der Waals surface area contributed by atoms with Crippen molar-refractivity contribution in [3.05, 3.63) is 59.3 Å². The van der Waals surface area contributed by atoms with Crippen LogP contribution in [-0.4, -0.2) is 30.9 Å². The third-order valence-electron chi connectivity index (χ3n) is 4.38. The Kier molecular flexibility index (Phi) is 6.31. The van der Waals surface area contributed by atoms with Gasteiger partial charge in [0.25, 0.3) is 5.91 Å². The lowest BCUT2D eigenvalue weighted by Gasteiger charge is -2.17. The third-order valence-corrected chi connectivity index (χ3v) is 4.67. The maximum absolute atomic E-state index is 12.9. The van der Waals surface area contributed by atoms with Crippen LogP contribution in [0.2, 0.25) is 0 Å². The van der Waals surface area contributed by atoms with E-state index in [0.29, 0.717) is 11.3 Å². The Balaban J connectivity index is 1.86. The highest BCUT2D eigenvalue weighted by Gasteiger charge is 2.33. The first-order chi connectivity index (χ1) is 14.2. The first kappa shape index (κ1) is 21.6. The molecule has 0 radical (unpaired) electrons. The van der Waals surface area contributed by atoms with Crippen molar-refractivity contribution in [3.63, 3.8) is 0 Å². The van der Waals surface area contributed by atoms with Gasteiger partial charge in [-0.05, 0) is 54.0 Å². The third kappa shape index (κ3) is 4.73. The van der Waals surface area contributed by atoms with Gasteiger partial charge in [-0.3, -0.25) is 9.69 Å². The number of aryl methyl sites for hydroxylation is 1. The number of hydrogen-bond donors (Lipinski definition) is 1. The number of rotatable bonds is 6. The minimum atomic E-state index is -4.46. The highest BCUT2D eigenvalue weighted by atomic mass is 32.1. The molecule has 30 heavy (non-hydrogen) atoms. The molecule has 1 amide bonds. The summed E-state index contributed by atoms with van der Waals surface area (Å²) in [7, 11) is 1.32. The molecule has 0 bridgehead atoms. The second-order valence-corrected chi connectivity index (χ2v) is 6.81.